The fourth-order valence-electron chi connectivity index (χ4n) is 6.72. The highest BCUT2D eigenvalue weighted by Crippen LogP contribution is 2.39. The molecule has 0 fully saturated rings. The lowest BCUT2D eigenvalue weighted by Crippen LogP contribution is -1.85. The minimum atomic E-state index is 0.915. The smallest absolute Gasteiger partial charge is 0.136 e. The maximum atomic E-state index is 6.18. The van der Waals surface area contributed by atoms with Gasteiger partial charge in [-0.1, -0.05) is 121 Å². The number of hydrogen-bond donors (Lipinski definition) is 1. The lowest BCUT2D eigenvalue weighted by Gasteiger charge is -2.10. The minimum absolute atomic E-state index is 0.915. The van der Waals surface area contributed by atoms with E-state index in [9.17, 15) is 0 Å². The Labute approximate surface area is 254 Å². The molecule has 0 radical (unpaired) electrons. The highest BCUT2D eigenvalue weighted by Gasteiger charge is 2.14. The molecule has 7 aromatic carbocycles. The fraction of sp³-hybridized carbons (Fsp3) is 0. The van der Waals surface area contributed by atoms with Crippen molar-refractivity contribution in [2.45, 2.75) is 0 Å². The quantitative estimate of drug-likeness (QED) is 0.227. The summed E-state index contributed by atoms with van der Waals surface area (Å²) in [5.41, 5.74) is 13.7. The number of aromatic nitrogens is 1. The van der Waals surface area contributed by atoms with E-state index in [4.69, 9.17) is 4.42 Å². The largest absolute Gasteiger partial charge is 0.456 e. The molecule has 1 N–H and O–H groups in total. The first-order valence-corrected chi connectivity index (χ1v) is 15.0. The Morgan fingerprint density at radius 3 is 1.80 bits per heavy atom. The lowest BCUT2D eigenvalue weighted by atomic mass is 9.94. The molecule has 2 heterocycles. The van der Waals surface area contributed by atoms with Gasteiger partial charge in [-0.3, -0.25) is 0 Å². The van der Waals surface area contributed by atoms with Crippen LogP contribution in [0.15, 0.2) is 162 Å². The Balaban J connectivity index is 1.14. The predicted molar refractivity (Wildman–Crippen MR) is 185 cm³/mol. The van der Waals surface area contributed by atoms with Gasteiger partial charge in [0, 0.05) is 32.6 Å². The van der Waals surface area contributed by atoms with Crippen molar-refractivity contribution in [1.82, 2.24) is 4.98 Å². The van der Waals surface area contributed by atoms with Gasteiger partial charge in [-0.15, -0.1) is 0 Å². The topological polar surface area (TPSA) is 28.9 Å². The van der Waals surface area contributed by atoms with Gasteiger partial charge in [-0.05, 0) is 75.3 Å². The molecule has 2 heteroatoms. The van der Waals surface area contributed by atoms with Crippen LogP contribution in [0.5, 0.6) is 0 Å². The molecule has 0 saturated carbocycles. The van der Waals surface area contributed by atoms with E-state index in [-0.39, 0.29) is 0 Å². The van der Waals surface area contributed by atoms with Gasteiger partial charge in [0.25, 0.3) is 0 Å². The average Bonchev–Trinajstić information content (AvgIpc) is 3.67. The molecule has 206 valence electrons. The van der Waals surface area contributed by atoms with Gasteiger partial charge in [0.15, 0.2) is 0 Å². The molecule has 0 amide bonds. The molecular weight excluding hydrogens is 534 g/mol. The Morgan fingerprint density at radius 2 is 0.955 bits per heavy atom. The molecule has 9 aromatic rings. The average molecular weight is 562 g/mol. The fourth-order valence-corrected chi connectivity index (χ4v) is 6.72. The molecule has 0 saturated heterocycles. The van der Waals surface area contributed by atoms with E-state index in [2.05, 4.69) is 151 Å². The number of nitrogens with one attached hydrogen (secondary N) is 1. The van der Waals surface area contributed by atoms with Gasteiger partial charge in [0.1, 0.15) is 11.2 Å². The molecule has 0 unspecified atom stereocenters. The van der Waals surface area contributed by atoms with Crippen molar-refractivity contribution in [3.05, 3.63) is 158 Å². The van der Waals surface area contributed by atoms with Gasteiger partial charge < -0.3 is 9.40 Å². The van der Waals surface area contributed by atoms with Crippen LogP contribution < -0.4 is 0 Å². The van der Waals surface area contributed by atoms with Crippen LogP contribution in [0.3, 0.4) is 0 Å². The van der Waals surface area contributed by atoms with Crippen molar-refractivity contribution < 1.29 is 4.42 Å². The second-order valence-corrected chi connectivity index (χ2v) is 11.4. The van der Waals surface area contributed by atoms with Crippen molar-refractivity contribution in [3.8, 4) is 44.5 Å². The van der Waals surface area contributed by atoms with Gasteiger partial charge in [0.2, 0.25) is 0 Å². The molecule has 0 atom stereocenters. The number of hydrogen-bond acceptors (Lipinski definition) is 1. The van der Waals surface area contributed by atoms with E-state index in [1.54, 1.807) is 0 Å². The Bertz CT molecular complexity index is 2500. The molecule has 0 spiro atoms. The molecule has 2 nitrogen and oxygen atoms in total. The Hall–Kier alpha value is -5.86. The zero-order chi connectivity index (χ0) is 29.0. The standard InChI is InChI=1S/C42H27NO/c1-2-10-27(11-3-1)30-22-23-38-37(26-30)35-19-8-18-34(42(35)43-38)32-15-7-13-29(25-32)28-12-6-14-31(24-28)33-17-9-21-40-41(33)36-16-4-5-20-39(36)44-40/h1-26,43H. The summed E-state index contributed by atoms with van der Waals surface area (Å²) >= 11 is 0. The van der Waals surface area contributed by atoms with Crippen molar-refractivity contribution in [1.29, 1.82) is 0 Å². The monoisotopic (exact) mass is 561 g/mol. The van der Waals surface area contributed by atoms with Gasteiger partial charge in [0.05, 0.1) is 5.52 Å². The molecule has 0 aliphatic carbocycles. The number of furan rings is 1. The highest BCUT2D eigenvalue weighted by molar-refractivity contribution is 6.14. The number of rotatable bonds is 4. The van der Waals surface area contributed by atoms with Crippen LogP contribution in [-0.4, -0.2) is 4.98 Å². The Kier molecular flexibility index (Phi) is 5.54. The van der Waals surface area contributed by atoms with E-state index in [1.165, 1.54) is 55.3 Å². The van der Waals surface area contributed by atoms with E-state index >= 15 is 0 Å². The van der Waals surface area contributed by atoms with Crippen LogP contribution in [0.4, 0.5) is 0 Å². The molecular formula is C42H27NO. The number of aromatic amines is 1. The number of fused-ring (bicyclic) bond motifs is 6. The third kappa shape index (κ3) is 3.96. The number of para-hydroxylation sites is 2. The van der Waals surface area contributed by atoms with Gasteiger partial charge in [-0.2, -0.15) is 0 Å². The molecule has 0 aliphatic heterocycles. The second-order valence-electron chi connectivity index (χ2n) is 11.4. The first-order chi connectivity index (χ1) is 21.8. The summed E-state index contributed by atoms with van der Waals surface area (Å²) in [5, 5.41) is 4.79. The summed E-state index contributed by atoms with van der Waals surface area (Å²) in [6.45, 7) is 0. The summed E-state index contributed by atoms with van der Waals surface area (Å²) in [7, 11) is 0. The summed E-state index contributed by atoms with van der Waals surface area (Å²) in [6, 6.07) is 56.2. The third-order valence-electron chi connectivity index (χ3n) is 8.82. The van der Waals surface area contributed by atoms with Gasteiger partial charge >= 0.3 is 0 Å². The van der Waals surface area contributed by atoms with Crippen LogP contribution in [0, 0.1) is 0 Å². The van der Waals surface area contributed by atoms with Crippen molar-refractivity contribution >= 4 is 43.7 Å². The Morgan fingerprint density at radius 1 is 0.364 bits per heavy atom. The summed E-state index contributed by atoms with van der Waals surface area (Å²) in [5.74, 6) is 0. The normalized spacial score (nSPS) is 11.6. The van der Waals surface area contributed by atoms with Crippen molar-refractivity contribution in [2.24, 2.45) is 0 Å². The van der Waals surface area contributed by atoms with Crippen molar-refractivity contribution in [3.63, 3.8) is 0 Å². The summed E-state index contributed by atoms with van der Waals surface area (Å²) < 4.78 is 6.18. The van der Waals surface area contributed by atoms with E-state index in [1.807, 2.05) is 12.1 Å². The zero-order valence-corrected chi connectivity index (χ0v) is 23.9. The molecule has 44 heavy (non-hydrogen) atoms. The number of benzene rings is 7. The third-order valence-corrected chi connectivity index (χ3v) is 8.82. The highest BCUT2D eigenvalue weighted by atomic mass is 16.3. The van der Waals surface area contributed by atoms with Crippen LogP contribution in [0.2, 0.25) is 0 Å². The predicted octanol–water partition coefficient (Wildman–Crippen LogP) is 11.9. The van der Waals surface area contributed by atoms with E-state index in [0.717, 1.165) is 33.0 Å². The van der Waals surface area contributed by atoms with E-state index < -0.39 is 0 Å². The zero-order valence-electron chi connectivity index (χ0n) is 23.9. The maximum absolute atomic E-state index is 6.18. The van der Waals surface area contributed by atoms with Crippen LogP contribution in [0.1, 0.15) is 0 Å². The van der Waals surface area contributed by atoms with E-state index in [0.29, 0.717) is 0 Å². The minimum Gasteiger partial charge on any atom is -0.456 e. The second kappa shape index (κ2) is 9.86. The molecule has 0 bridgehead atoms. The number of H-pyrrole nitrogens is 1. The van der Waals surface area contributed by atoms with Crippen LogP contribution in [0.25, 0.3) is 88.3 Å². The first kappa shape index (κ1) is 24.7. The SMILES string of the molecule is c1ccc(-c2ccc3[nH]c4c(-c5cccc(-c6cccc(-c7cccc8oc9ccccc9c78)c6)c5)cccc4c3c2)cc1. The first-order valence-electron chi connectivity index (χ1n) is 15.0. The maximum Gasteiger partial charge on any atom is 0.136 e. The molecule has 9 rings (SSSR count). The van der Waals surface area contributed by atoms with Gasteiger partial charge in [-0.25, -0.2) is 0 Å². The lowest BCUT2D eigenvalue weighted by molar-refractivity contribution is 0.669. The summed E-state index contributed by atoms with van der Waals surface area (Å²) in [4.78, 5) is 3.73. The molecule has 0 aliphatic rings. The van der Waals surface area contributed by atoms with Crippen LogP contribution >= 0.6 is 0 Å². The van der Waals surface area contributed by atoms with Crippen LogP contribution in [-0.2, 0) is 0 Å². The molecule has 2 aromatic heterocycles. The van der Waals surface area contributed by atoms with Crippen molar-refractivity contribution in [2.75, 3.05) is 0 Å². The summed E-state index contributed by atoms with van der Waals surface area (Å²) in [6.07, 6.45) is 0.